The van der Waals surface area contributed by atoms with E-state index in [4.69, 9.17) is 0 Å². The van der Waals surface area contributed by atoms with Gasteiger partial charge in [0.25, 0.3) is 0 Å². The van der Waals surface area contributed by atoms with E-state index in [9.17, 15) is 13.2 Å². The molecule has 1 aliphatic carbocycles. The van der Waals surface area contributed by atoms with Crippen molar-refractivity contribution in [1.82, 2.24) is 0 Å². The van der Waals surface area contributed by atoms with Crippen molar-refractivity contribution >= 4 is 15.8 Å². The molecule has 1 saturated carbocycles. The van der Waals surface area contributed by atoms with Gasteiger partial charge in [0.15, 0.2) is 15.1 Å². The molecule has 0 aliphatic heterocycles. The van der Waals surface area contributed by atoms with Crippen LogP contribution in [0, 0.1) is 5.92 Å². The third kappa shape index (κ3) is 2.51. The Bertz CT molecular complexity index is 329. The molecule has 1 rings (SSSR count). The lowest BCUT2D eigenvalue weighted by Gasteiger charge is -2.18. The SMILES string of the molecule is CCC(C)S(=O)(=O)C(C(=O)OC)C1CC1. The van der Waals surface area contributed by atoms with Gasteiger partial charge in [-0.3, -0.25) is 4.79 Å². The summed E-state index contributed by atoms with van der Waals surface area (Å²) in [5.74, 6) is -0.616. The van der Waals surface area contributed by atoms with E-state index in [0.29, 0.717) is 6.42 Å². The van der Waals surface area contributed by atoms with Crippen molar-refractivity contribution in [2.24, 2.45) is 5.92 Å². The predicted octanol–water partition coefficient (Wildman–Crippen LogP) is 1.15. The van der Waals surface area contributed by atoms with E-state index in [1.165, 1.54) is 7.11 Å². The summed E-state index contributed by atoms with van der Waals surface area (Å²) in [6.07, 6.45) is 2.16. The summed E-state index contributed by atoms with van der Waals surface area (Å²) in [6, 6.07) is 0. The number of carbonyl (C=O) groups is 1. The molecule has 2 unspecified atom stereocenters. The Morgan fingerprint density at radius 1 is 1.47 bits per heavy atom. The average molecular weight is 234 g/mol. The summed E-state index contributed by atoms with van der Waals surface area (Å²) in [4.78, 5) is 11.5. The minimum Gasteiger partial charge on any atom is -0.468 e. The maximum Gasteiger partial charge on any atom is 0.324 e. The predicted molar refractivity (Wildman–Crippen MR) is 57.2 cm³/mol. The fourth-order valence-electron chi connectivity index (χ4n) is 1.59. The van der Waals surface area contributed by atoms with Gasteiger partial charge in [0.2, 0.25) is 0 Å². The Morgan fingerprint density at radius 3 is 2.33 bits per heavy atom. The van der Waals surface area contributed by atoms with Crippen molar-refractivity contribution in [3.05, 3.63) is 0 Å². The second-order valence-electron chi connectivity index (χ2n) is 4.09. The van der Waals surface area contributed by atoms with Gasteiger partial charge in [-0.2, -0.15) is 0 Å². The first kappa shape index (κ1) is 12.5. The molecule has 0 bridgehead atoms. The van der Waals surface area contributed by atoms with Crippen LogP contribution in [0.25, 0.3) is 0 Å². The first-order valence-electron chi connectivity index (χ1n) is 5.25. The van der Waals surface area contributed by atoms with Crippen LogP contribution < -0.4 is 0 Å². The number of ether oxygens (including phenoxy) is 1. The molecule has 0 aromatic carbocycles. The molecule has 0 amide bonds. The Balaban J connectivity index is 2.93. The van der Waals surface area contributed by atoms with Crippen LogP contribution in [0.1, 0.15) is 33.1 Å². The largest absolute Gasteiger partial charge is 0.468 e. The van der Waals surface area contributed by atoms with Crippen molar-refractivity contribution in [3.63, 3.8) is 0 Å². The molecule has 15 heavy (non-hydrogen) atoms. The average Bonchev–Trinajstić information content (AvgIpc) is 3.00. The normalized spacial score (nSPS) is 20.7. The van der Waals surface area contributed by atoms with Gasteiger partial charge in [0.05, 0.1) is 12.4 Å². The number of carbonyl (C=O) groups excluding carboxylic acids is 1. The molecule has 88 valence electrons. The lowest BCUT2D eigenvalue weighted by Crippen LogP contribution is -2.38. The number of hydrogen-bond donors (Lipinski definition) is 0. The van der Waals surface area contributed by atoms with Gasteiger partial charge >= 0.3 is 5.97 Å². The standard InChI is InChI=1S/C10H18O4S/c1-4-7(2)15(12,13)9(8-5-6-8)10(11)14-3/h7-9H,4-6H2,1-3H3. The van der Waals surface area contributed by atoms with Gasteiger partial charge < -0.3 is 4.74 Å². The lowest BCUT2D eigenvalue weighted by atomic mass is 10.3. The number of sulfone groups is 1. The second kappa shape index (κ2) is 4.51. The zero-order chi connectivity index (χ0) is 11.6. The lowest BCUT2D eigenvalue weighted by molar-refractivity contribution is -0.140. The number of rotatable bonds is 5. The molecule has 5 heteroatoms. The molecule has 4 nitrogen and oxygen atoms in total. The van der Waals surface area contributed by atoms with Crippen LogP contribution in [-0.2, 0) is 19.4 Å². The van der Waals surface area contributed by atoms with Crippen LogP contribution >= 0.6 is 0 Å². The Labute approximate surface area is 90.9 Å². The molecule has 0 radical (unpaired) electrons. The monoisotopic (exact) mass is 234 g/mol. The number of methoxy groups -OCH3 is 1. The van der Waals surface area contributed by atoms with Gasteiger partial charge in [-0.25, -0.2) is 8.42 Å². The van der Waals surface area contributed by atoms with Crippen LogP contribution in [0.2, 0.25) is 0 Å². The molecule has 0 saturated heterocycles. The molecule has 0 aromatic heterocycles. The molecule has 0 spiro atoms. The van der Waals surface area contributed by atoms with Crippen LogP contribution in [-0.4, -0.2) is 32.0 Å². The van der Waals surface area contributed by atoms with Gasteiger partial charge in [-0.1, -0.05) is 6.92 Å². The van der Waals surface area contributed by atoms with Gasteiger partial charge in [-0.15, -0.1) is 0 Å². The first-order valence-corrected chi connectivity index (χ1v) is 6.86. The van der Waals surface area contributed by atoms with Crippen LogP contribution in [0.4, 0.5) is 0 Å². The summed E-state index contributed by atoms with van der Waals surface area (Å²) in [6.45, 7) is 3.46. The molecule has 2 atom stereocenters. The van der Waals surface area contributed by atoms with Crippen molar-refractivity contribution in [1.29, 1.82) is 0 Å². The van der Waals surface area contributed by atoms with Crippen LogP contribution in [0.3, 0.4) is 0 Å². The van der Waals surface area contributed by atoms with Crippen molar-refractivity contribution in [2.45, 2.75) is 43.6 Å². The Hall–Kier alpha value is -0.580. The highest BCUT2D eigenvalue weighted by Gasteiger charge is 2.47. The molecular formula is C10H18O4S. The summed E-state index contributed by atoms with van der Waals surface area (Å²) in [5.41, 5.74) is 0. The van der Waals surface area contributed by atoms with Crippen molar-refractivity contribution < 1.29 is 17.9 Å². The molecule has 0 aromatic rings. The highest BCUT2D eigenvalue weighted by atomic mass is 32.2. The van der Waals surface area contributed by atoms with Crippen molar-refractivity contribution in [2.75, 3.05) is 7.11 Å². The van der Waals surface area contributed by atoms with E-state index >= 15 is 0 Å². The van der Waals surface area contributed by atoms with Gasteiger partial charge in [0, 0.05) is 0 Å². The minimum atomic E-state index is -3.37. The molecule has 1 fully saturated rings. The first-order chi connectivity index (χ1) is 6.95. The maximum atomic E-state index is 12.0. The van der Waals surface area contributed by atoms with E-state index in [2.05, 4.69) is 4.74 Å². The van der Waals surface area contributed by atoms with E-state index in [1.807, 2.05) is 6.92 Å². The van der Waals surface area contributed by atoms with Crippen LogP contribution in [0.5, 0.6) is 0 Å². The number of esters is 1. The highest BCUT2D eigenvalue weighted by molar-refractivity contribution is 7.93. The zero-order valence-electron chi connectivity index (χ0n) is 9.39. The Morgan fingerprint density at radius 2 is 2.00 bits per heavy atom. The fraction of sp³-hybridized carbons (Fsp3) is 0.900. The maximum absolute atomic E-state index is 12.0. The number of hydrogen-bond acceptors (Lipinski definition) is 4. The molecule has 0 N–H and O–H groups in total. The minimum absolute atomic E-state index is 0.0172. The Kier molecular flexibility index (Phi) is 3.76. The van der Waals surface area contributed by atoms with E-state index in [0.717, 1.165) is 12.8 Å². The third-order valence-electron chi connectivity index (χ3n) is 2.97. The third-order valence-corrected chi connectivity index (χ3v) is 5.71. The summed E-state index contributed by atoms with van der Waals surface area (Å²) in [7, 11) is -2.13. The highest BCUT2D eigenvalue weighted by Crippen LogP contribution is 2.38. The van der Waals surface area contributed by atoms with Gasteiger partial charge in [-0.05, 0) is 32.1 Å². The smallest absolute Gasteiger partial charge is 0.324 e. The topological polar surface area (TPSA) is 60.4 Å². The summed E-state index contributed by atoms with van der Waals surface area (Å²) >= 11 is 0. The van der Waals surface area contributed by atoms with Crippen LogP contribution in [0.15, 0.2) is 0 Å². The van der Waals surface area contributed by atoms with E-state index in [-0.39, 0.29) is 5.92 Å². The van der Waals surface area contributed by atoms with E-state index < -0.39 is 26.3 Å². The molecule has 1 aliphatic rings. The summed E-state index contributed by atoms with van der Waals surface area (Å²) < 4.78 is 28.7. The van der Waals surface area contributed by atoms with Gasteiger partial charge in [0.1, 0.15) is 0 Å². The van der Waals surface area contributed by atoms with Crippen molar-refractivity contribution in [3.8, 4) is 0 Å². The molecular weight excluding hydrogens is 216 g/mol. The molecule has 0 heterocycles. The quantitative estimate of drug-likeness (QED) is 0.669. The fourth-order valence-corrected chi connectivity index (χ4v) is 3.73. The second-order valence-corrected chi connectivity index (χ2v) is 6.58. The summed E-state index contributed by atoms with van der Waals surface area (Å²) in [5, 5.41) is -1.40. The van der Waals surface area contributed by atoms with E-state index in [1.54, 1.807) is 6.92 Å². The zero-order valence-corrected chi connectivity index (χ0v) is 10.2.